The summed E-state index contributed by atoms with van der Waals surface area (Å²) < 4.78 is 2.01. The molecule has 3 N–H and O–H groups in total. The number of rotatable bonds is 3. The van der Waals surface area contributed by atoms with Crippen LogP contribution in [0.15, 0.2) is 42.1 Å². The fraction of sp³-hybridized carbons (Fsp3) is 0.600. The van der Waals surface area contributed by atoms with Gasteiger partial charge in [-0.1, -0.05) is 51.5 Å². The second-order valence-electron chi connectivity index (χ2n) is 11.6. The third-order valence-electron chi connectivity index (χ3n) is 10.2. The molecule has 4 aliphatic rings. The highest BCUT2D eigenvalue weighted by Gasteiger charge is 2.68. The quantitative estimate of drug-likeness (QED) is 0.592. The summed E-state index contributed by atoms with van der Waals surface area (Å²) in [5.41, 5.74) is 2.33. The standard InChI is InChI=1S/C28H34N2O4.C2H6/c1-26-13-17-15-29-30(19-6-4-3-5-7-19)22(17)12-18(26)8-9-20-21-10-11-28(34,24(33)16-31)27(21,2)14-23(32)25(20)26;1-2/h3-7,12,15,20-21,23,25,31-32,34H,8-11,13-14,16H2,1-2H3;1-2H3/t20?,21?,23-,25?,26-,27-,28-;/m0./s1. The summed E-state index contributed by atoms with van der Waals surface area (Å²) >= 11 is 0. The van der Waals surface area contributed by atoms with Crippen LogP contribution in [0.1, 0.15) is 71.1 Å². The zero-order valence-electron chi connectivity index (χ0n) is 21.9. The van der Waals surface area contributed by atoms with Crippen LogP contribution in [0.5, 0.6) is 0 Å². The Balaban J connectivity index is 0.00000130. The number of benzene rings is 1. The van der Waals surface area contributed by atoms with E-state index in [9.17, 15) is 20.1 Å². The van der Waals surface area contributed by atoms with E-state index in [0.29, 0.717) is 12.8 Å². The molecule has 1 aromatic carbocycles. The summed E-state index contributed by atoms with van der Waals surface area (Å²) in [6.45, 7) is 7.61. The SMILES string of the molecule is CC.C[C@]12Cc3cnn(-c4ccccc4)c3C=C1CCC1C2[C@@H](O)C[C@@]2(C)C1CC[C@]2(O)C(=O)CO. The fourth-order valence-electron chi connectivity index (χ4n) is 8.55. The largest absolute Gasteiger partial charge is 0.393 e. The Kier molecular flexibility index (Phi) is 6.29. The average Bonchev–Trinajstić information content (AvgIpc) is 3.41. The van der Waals surface area contributed by atoms with Crippen molar-refractivity contribution in [3.8, 4) is 5.69 Å². The Morgan fingerprint density at radius 2 is 1.89 bits per heavy atom. The molecule has 0 aliphatic heterocycles. The number of fused-ring (bicyclic) bond motifs is 6. The molecule has 0 amide bonds. The highest BCUT2D eigenvalue weighted by atomic mass is 16.3. The number of aliphatic hydroxyl groups is 3. The van der Waals surface area contributed by atoms with Gasteiger partial charge >= 0.3 is 0 Å². The third kappa shape index (κ3) is 3.34. The Morgan fingerprint density at radius 1 is 1.17 bits per heavy atom. The van der Waals surface area contributed by atoms with E-state index < -0.39 is 29.5 Å². The van der Waals surface area contributed by atoms with Crippen LogP contribution in [0.3, 0.4) is 0 Å². The molecule has 7 atom stereocenters. The van der Waals surface area contributed by atoms with Gasteiger partial charge in [-0.15, -0.1) is 0 Å². The Morgan fingerprint density at radius 3 is 2.58 bits per heavy atom. The van der Waals surface area contributed by atoms with Crippen molar-refractivity contribution < 1.29 is 20.1 Å². The van der Waals surface area contributed by atoms with Crippen LogP contribution >= 0.6 is 0 Å². The van der Waals surface area contributed by atoms with E-state index in [0.717, 1.165) is 37.1 Å². The number of ketones is 1. The normalized spacial score (nSPS) is 38.5. The molecule has 1 heterocycles. The van der Waals surface area contributed by atoms with E-state index in [1.807, 2.05) is 49.8 Å². The van der Waals surface area contributed by atoms with Crippen molar-refractivity contribution in [3.63, 3.8) is 0 Å². The molecular formula is C30H40N2O4. The van der Waals surface area contributed by atoms with E-state index in [2.05, 4.69) is 25.1 Å². The van der Waals surface area contributed by atoms with Crippen LogP contribution < -0.4 is 0 Å². The van der Waals surface area contributed by atoms with Gasteiger partial charge in [0.2, 0.25) is 0 Å². The summed E-state index contributed by atoms with van der Waals surface area (Å²) in [7, 11) is 0. The van der Waals surface area contributed by atoms with Crippen molar-refractivity contribution in [3.05, 3.63) is 53.4 Å². The number of allylic oxidation sites excluding steroid dienone is 1. The van der Waals surface area contributed by atoms with Crippen molar-refractivity contribution in [2.45, 2.75) is 77.9 Å². The lowest BCUT2D eigenvalue weighted by molar-refractivity contribution is -0.181. The Hall–Kier alpha value is -2.28. The Labute approximate surface area is 214 Å². The van der Waals surface area contributed by atoms with Crippen LogP contribution in [0, 0.1) is 28.6 Å². The second kappa shape index (κ2) is 8.93. The smallest absolute Gasteiger partial charge is 0.190 e. The van der Waals surface area contributed by atoms with Crippen molar-refractivity contribution in [2.24, 2.45) is 28.6 Å². The second-order valence-corrected chi connectivity index (χ2v) is 11.6. The predicted octanol–water partition coefficient (Wildman–Crippen LogP) is 4.34. The van der Waals surface area contributed by atoms with Crippen LogP contribution in [-0.4, -0.2) is 49.2 Å². The third-order valence-corrected chi connectivity index (χ3v) is 10.2. The number of carbonyl (C=O) groups excluding carboxylic acids is 1. The zero-order valence-corrected chi connectivity index (χ0v) is 21.9. The van der Waals surface area contributed by atoms with Gasteiger partial charge in [0.15, 0.2) is 5.78 Å². The molecule has 3 unspecified atom stereocenters. The fourth-order valence-corrected chi connectivity index (χ4v) is 8.55. The van der Waals surface area contributed by atoms with E-state index in [-0.39, 0.29) is 23.2 Å². The summed E-state index contributed by atoms with van der Waals surface area (Å²) in [5, 5.41) is 37.3. The van der Waals surface area contributed by atoms with Gasteiger partial charge in [-0.2, -0.15) is 5.10 Å². The van der Waals surface area contributed by atoms with E-state index in [4.69, 9.17) is 5.10 Å². The van der Waals surface area contributed by atoms with Gasteiger partial charge in [-0.3, -0.25) is 4.79 Å². The number of hydrogen-bond donors (Lipinski definition) is 3. The number of hydrogen-bond acceptors (Lipinski definition) is 5. The number of nitrogens with zero attached hydrogens (tertiary/aromatic N) is 2. The van der Waals surface area contributed by atoms with Crippen molar-refractivity contribution in [1.82, 2.24) is 9.78 Å². The number of carbonyl (C=O) groups is 1. The molecule has 6 nitrogen and oxygen atoms in total. The molecule has 194 valence electrons. The molecule has 0 bridgehead atoms. The highest BCUT2D eigenvalue weighted by Crippen LogP contribution is 2.67. The number of para-hydroxylation sites is 1. The molecule has 0 spiro atoms. The predicted molar refractivity (Wildman–Crippen MR) is 139 cm³/mol. The van der Waals surface area contributed by atoms with Gasteiger partial charge in [0.1, 0.15) is 12.2 Å². The molecule has 6 rings (SSSR count). The van der Waals surface area contributed by atoms with Crippen LogP contribution in [-0.2, 0) is 11.2 Å². The molecule has 4 aliphatic carbocycles. The molecule has 3 fully saturated rings. The molecule has 6 heteroatoms. The van der Waals surface area contributed by atoms with Gasteiger partial charge in [0, 0.05) is 5.41 Å². The molecule has 0 saturated heterocycles. The van der Waals surface area contributed by atoms with E-state index in [1.165, 1.54) is 11.1 Å². The van der Waals surface area contributed by atoms with Crippen LogP contribution in [0.25, 0.3) is 11.8 Å². The summed E-state index contributed by atoms with van der Waals surface area (Å²) in [6.07, 6.45) is 7.92. The van der Waals surface area contributed by atoms with Crippen molar-refractivity contribution >= 4 is 11.9 Å². The minimum Gasteiger partial charge on any atom is -0.393 e. The maximum atomic E-state index is 12.6. The van der Waals surface area contributed by atoms with Gasteiger partial charge < -0.3 is 15.3 Å². The highest BCUT2D eigenvalue weighted by molar-refractivity contribution is 5.89. The minimum absolute atomic E-state index is 0.0744. The van der Waals surface area contributed by atoms with Crippen LogP contribution in [0.2, 0.25) is 0 Å². The average molecular weight is 493 g/mol. The van der Waals surface area contributed by atoms with Crippen molar-refractivity contribution in [2.75, 3.05) is 6.61 Å². The number of aliphatic hydroxyl groups excluding tert-OH is 2. The number of Topliss-reactive ketones (excluding diaryl/α,β-unsaturated/α-hetero) is 1. The summed E-state index contributed by atoms with van der Waals surface area (Å²) in [4.78, 5) is 12.6. The molecular weight excluding hydrogens is 452 g/mol. The molecule has 0 radical (unpaired) electrons. The molecule has 2 aromatic rings. The zero-order chi connectivity index (χ0) is 25.9. The minimum atomic E-state index is -1.55. The van der Waals surface area contributed by atoms with Gasteiger partial charge in [0.25, 0.3) is 0 Å². The first-order chi connectivity index (χ1) is 17.2. The Bertz CT molecular complexity index is 1170. The summed E-state index contributed by atoms with van der Waals surface area (Å²) in [6, 6.07) is 10.2. The van der Waals surface area contributed by atoms with E-state index >= 15 is 0 Å². The summed E-state index contributed by atoms with van der Waals surface area (Å²) in [5.74, 6) is -0.0258. The lowest BCUT2D eigenvalue weighted by Gasteiger charge is -2.60. The molecule has 1 aromatic heterocycles. The monoisotopic (exact) mass is 492 g/mol. The topological polar surface area (TPSA) is 95.6 Å². The maximum Gasteiger partial charge on any atom is 0.190 e. The maximum absolute atomic E-state index is 12.6. The van der Waals surface area contributed by atoms with Crippen molar-refractivity contribution in [1.29, 1.82) is 0 Å². The lowest BCUT2D eigenvalue weighted by Crippen LogP contribution is -2.62. The van der Waals surface area contributed by atoms with Gasteiger partial charge in [-0.05, 0) is 85.5 Å². The molecule has 36 heavy (non-hydrogen) atoms. The lowest BCUT2D eigenvalue weighted by atomic mass is 9.45. The first kappa shape index (κ1) is 25.4. The molecule has 3 saturated carbocycles. The van der Waals surface area contributed by atoms with Gasteiger partial charge in [-0.25, -0.2) is 4.68 Å². The number of aromatic nitrogens is 2. The first-order valence-corrected chi connectivity index (χ1v) is 13.6. The van der Waals surface area contributed by atoms with E-state index in [1.54, 1.807) is 0 Å². The first-order valence-electron chi connectivity index (χ1n) is 13.6. The van der Waals surface area contributed by atoms with Gasteiger partial charge in [0.05, 0.1) is 23.7 Å². The van der Waals surface area contributed by atoms with Crippen LogP contribution in [0.4, 0.5) is 0 Å².